The molecule has 4 heteroatoms. The second kappa shape index (κ2) is 7.10. The van der Waals surface area contributed by atoms with E-state index in [2.05, 4.69) is 17.1 Å². The molecule has 2 aliphatic rings. The van der Waals surface area contributed by atoms with Crippen molar-refractivity contribution in [3.05, 3.63) is 0 Å². The van der Waals surface area contributed by atoms with E-state index in [-0.39, 0.29) is 12.0 Å². The smallest absolute Gasteiger partial charge is 0.225 e. The van der Waals surface area contributed by atoms with Crippen LogP contribution in [-0.4, -0.2) is 49.2 Å². The lowest BCUT2D eigenvalue weighted by Gasteiger charge is -2.35. The largest absolute Gasteiger partial charge is 0.375 e. The molecule has 1 aliphatic heterocycles. The van der Waals surface area contributed by atoms with Crippen molar-refractivity contribution in [3.63, 3.8) is 0 Å². The minimum absolute atomic E-state index is 0.0730. The molecule has 18 heavy (non-hydrogen) atoms. The molecule has 1 aliphatic carbocycles. The maximum absolute atomic E-state index is 12.4. The average molecular weight is 254 g/mol. The first-order valence-corrected chi connectivity index (χ1v) is 7.43. The van der Waals surface area contributed by atoms with Gasteiger partial charge in [0.05, 0.1) is 19.1 Å². The lowest BCUT2D eigenvalue weighted by molar-refractivity contribution is -0.137. The first-order chi connectivity index (χ1) is 8.81. The van der Waals surface area contributed by atoms with Crippen molar-refractivity contribution < 1.29 is 9.53 Å². The van der Waals surface area contributed by atoms with E-state index in [0.29, 0.717) is 12.5 Å². The lowest BCUT2D eigenvalue weighted by Crippen LogP contribution is -2.46. The fourth-order valence-corrected chi connectivity index (χ4v) is 3.09. The van der Waals surface area contributed by atoms with Gasteiger partial charge < -0.3 is 15.0 Å². The third kappa shape index (κ3) is 3.69. The molecule has 0 aromatic rings. The molecule has 2 fully saturated rings. The molecule has 0 aromatic heterocycles. The van der Waals surface area contributed by atoms with Crippen LogP contribution in [0.25, 0.3) is 0 Å². The van der Waals surface area contributed by atoms with E-state index in [1.54, 1.807) is 0 Å². The minimum atomic E-state index is 0.0730. The summed E-state index contributed by atoms with van der Waals surface area (Å²) >= 11 is 0. The number of carbonyl (C=O) groups excluding carboxylic acids is 1. The van der Waals surface area contributed by atoms with Gasteiger partial charge in [-0.15, -0.1) is 0 Å². The highest BCUT2D eigenvalue weighted by Gasteiger charge is 2.26. The number of hydrogen-bond donors (Lipinski definition) is 1. The standard InChI is InChI=1S/C14H26N2O2/c1-2-16(12-6-4-3-5-7-12)14(17)10-13-11-15-8-9-18-13/h12-13,15H,2-11H2,1H3. The average Bonchev–Trinajstić information content (AvgIpc) is 2.42. The Kier molecular flexibility index (Phi) is 5.45. The van der Waals surface area contributed by atoms with Crippen LogP contribution in [0, 0.1) is 0 Å². The van der Waals surface area contributed by atoms with Crippen molar-refractivity contribution in [3.8, 4) is 0 Å². The fraction of sp³-hybridized carbons (Fsp3) is 0.929. The van der Waals surface area contributed by atoms with Crippen LogP contribution in [0.1, 0.15) is 45.4 Å². The molecule has 0 aromatic carbocycles. The van der Waals surface area contributed by atoms with Crippen molar-refractivity contribution in [1.82, 2.24) is 10.2 Å². The molecule has 4 nitrogen and oxygen atoms in total. The normalized spacial score (nSPS) is 25.9. The summed E-state index contributed by atoms with van der Waals surface area (Å²) in [6.07, 6.45) is 6.86. The van der Waals surface area contributed by atoms with Gasteiger partial charge in [-0.05, 0) is 19.8 Å². The molecule has 1 saturated carbocycles. The Morgan fingerprint density at radius 2 is 2.11 bits per heavy atom. The van der Waals surface area contributed by atoms with Gasteiger partial charge in [-0.3, -0.25) is 4.79 Å². The molecule has 0 spiro atoms. The van der Waals surface area contributed by atoms with Gasteiger partial charge >= 0.3 is 0 Å². The first-order valence-electron chi connectivity index (χ1n) is 7.43. The molecule has 1 heterocycles. The zero-order valence-corrected chi connectivity index (χ0v) is 11.5. The van der Waals surface area contributed by atoms with Crippen molar-refractivity contribution in [2.75, 3.05) is 26.2 Å². The zero-order chi connectivity index (χ0) is 12.8. The van der Waals surface area contributed by atoms with Crippen LogP contribution in [-0.2, 0) is 9.53 Å². The van der Waals surface area contributed by atoms with Crippen LogP contribution in [0.3, 0.4) is 0 Å². The van der Waals surface area contributed by atoms with Crippen LogP contribution in [0.5, 0.6) is 0 Å². The van der Waals surface area contributed by atoms with E-state index in [0.717, 1.165) is 26.2 Å². The predicted octanol–water partition coefficient (Wildman–Crippen LogP) is 1.55. The molecular formula is C14H26N2O2. The third-order valence-electron chi connectivity index (χ3n) is 4.08. The predicted molar refractivity (Wildman–Crippen MR) is 71.5 cm³/mol. The lowest BCUT2D eigenvalue weighted by atomic mass is 9.94. The Labute approximate surface area is 110 Å². The molecule has 1 saturated heterocycles. The summed E-state index contributed by atoms with van der Waals surface area (Å²) < 4.78 is 5.62. The highest BCUT2D eigenvalue weighted by molar-refractivity contribution is 5.77. The summed E-state index contributed by atoms with van der Waals surface area (Å²) in [5, 5.41) is 3.28. The number of carbonyl (C=O) groups is 1. The Morgan fingerprint density at radius 3 is 2.72 bits per heavy atom. The highest BCUT2D eigenvalue weighted by atomic mass is 16.5. The summed E-state index contributed by atoms with van der Waals surface area (Å²) in [5.41, 5.74) is 0. The summed E-state index contributed by atoms with van der Waals surface area (Å²) in [5.74, 6) is 0.276. The number of rotatable bonds is 4. The monoisotopic (exact) mass is 254 g/mol. The van der Waals surface area contributed by atoms with Gasteiger partial charge in [0.15, 0.2) is 0 Å². The molecule has 0 bridgehead atoms. The van der Waals surface area contributed by atoms with Crippen molar-refractivity contribution in [2.24, 2.45) is 0 Å². The Hall–Kier alpha value is -0.610. The van der Waals surface area contributed by atoms with Crippen LogP contribution < -0.4 is 5.32 Å². The van der Waals surface area contributed by atoms with Crippen LogP contribution in [0.15, 0.2) is 0 Å². The Morgan fingerprint density at radius 1 is 1.33 bits per heavy atom. The zero-order valence-electron chi connectivity index (χ0n) is 11.5. The van der Waals surface area contributed by atoms with Crippen LogP contribution in [0.2, 0.25) is 0 Å². The number of hydrogen-bond acceptors (Lipinski definition) is 3. The Balaban J connectivity index is 1.83. The molecule has 2 rings (SSSR count). The number of morpholine rings is 1. The van der Waals surface area contributed by atoms with Crippen LogP contribution in [0.4, 0.5) is 0 Å². The molecule has 1 unspecified atom stereocenters. The topological polar surface area (TPSA) is 41.6 Å². The molecule has 1 N–H and O–H groups in total. The van der Waals surface area contributed by atoms with E-state index in [1.165, 1.54) is 32.1 Å². The summed E-state index contributed by atoms with van der Waals surface area (Å²) in [6.45, 7) is 5.38. The van der Waals surface area contributed by atoms with Gasteiger partial charge in [0, 0.05) is 25.7 Å². The van der Waals surface area contributed by atoms with E-state index in [9.17, 15) is 4.79 Å². The minimum Gasteiger partial charge on any atom is -0.375 e. The first kappa shape index (κ1) is 13.8. The van der Waals surface area contributed by atoms with E-state index < -0.39 is 0 Å². The number of amides is 1. The SMILES string of the molecule is CCN(C(=O)CC1CNCCO1)C1CCCCC1. The maximum Gasteiger partial charge on any atom is 0.225 e. The fourth-order valence-electron chi connectivity index (χ4n) is 3.09. The second-order valence-corrected chi connectivity index (χ2v) is 5.37. The van der Waals surface area contributed by atoms with Gasteiger partial charge in [-0.1, -0.05) is 19.3 Å². The summed E-state index contributed by atoms with van der Waals surface area (Å²) in [7, 11) is 0. The molecular weight excluding hydrogens is 228 g/mol. The summed E-state index contributed by atoms with van der Waals surface area (Å²) in [4.78, 5) is 14.4. The summed E-state index contributed by atoms with van der Waals surface area (Å²) in [6, 6.07) is 0.479. The Bertz CT molecular complexity index is 259. The van der Waals surface area contributed by atoms with Crippen LogP contribution >= 0.6 is 0 Å². The third-order valence-corrected chi connectivity index (χ3v) is 4.08. The molecule has 1 amide bonds. The molecule has 0 radical (unpaired) electrons. The van der Waals surface area contributed by atoms with Gasteiger partial charge in [0.2, 0.25) is 5.91 Å². The van der Waals surface area contributed by atoms with E-state index >= 15 is 0 Å². The van der Waals surface area contributed by atoms with E-state index in [4.69, 9.17) is 4.74 Å². The van der Waals surface area contributed by atoms with Crippen molar-refractivity contribution >= 4 is 5.91 Å². The number of nitrogens with one attached hydrogen (secondary N) is 1. The maximum atomic E-state index is 12.4. The molecule has 104 valence electrons. The quantitative estimate of drug-likeness (QED) is 0.827. The van der Waals surface area contributed by atoms with Gasteiger partial charge in [0.25, 0.3) is 0 Å². The van der Waals surface area contributed by atoms with E-state index in [1.807, 2.05) is 0 Å². The van der Waals surface area contributed by atoms with Gasteiger partial charge in [-0.2, -0.15) is 0 Å². The molecule has 1 atom stereocenters. The highest BCUT2D eigenvalue weighted by Crippen LogP contribution is 2.23. The van der Waals surface area contributed by atoms with Crippen molar-refractivity contribution in [1.29, 1.82) is 0 Å². The van der Waals surface area contributed by atoms with Gasteiger partial charge in [-0.25, -0.2) is 0 Å². The van der Waals surface area contributed by atoms with Gasteiger partial charge in [0.1, 0.15) is 0 Å². The number of ether oxygens (including phenoxy) is 1. The second-order valence-electron chi connectivity index (χ2n) is 5.37. The van der Waals surface area contributed by atoms with Crippen molar-refractivity contribution in [2.45, 2.75) is 57.6 Å². The number of nitrogens with zero attached hydrogens (tertiary/aromatic N) is 1.